The predicted molar refractivity (Wildman–Crippen MR) is 61.1 cm³/mol. The van der Waals surface area contributed by atoms with Crippen LogP contribution in [0.4, 0.5) is 4.79 Å². The molecule has 0 bridgehead atoms. The molecule has 17 heavy (non-hydrogen) atoms. The lowest BCUT2D eigenvalue weighted by Gasteiger charge is -2.00. The fourth-order valence-corrected chi connectivity index (χ4v) is 1.45. The predicted octanol–water partition coefficient (Wildman–Crippen LogP) is 1.05. The summed E-state index contributed by atoms with van der Waals surface area (Å²) in [4.78, 5) is 21.9. The van der Waals surface area contributed by atoms with Crippen molar-refractivity contribution < 1.29 is 14.0 Å². The molecule has 2 rings (SSSR count). The Morgan fingerprint density at radius 2 is 2.00 bits per heavy atom. The molecule has 0 spiro atoms. The maximum Gasteiger partial charge on any atom is 0.330 e. The molecular formula is C11H11N3O3. The molecule has 88 valence electrons. The number of primary amides is 1. The van der Waals surface area contributed by atoms with E-state index in [1.54, 1.807) is 12.1 Å². The number of amides is 3. The van der Waals surface area contributed by atoms with Gasteiger partial charge in [-0.25, -0.2) is 10.2 Å². The first-order valence-electron chi connectivity index (χ1n) is 4.92. The van der Waals surface area contributed by atoms with Gasteiger partial charge in [-0.05, 0) is 25.1 Å². The third kappa shape index (κ3) is 2.36. The normalized spacial score (nSPS) is 10.2. The third-order valence-corrected chi connectivity index (χ3v) is 2.19. The molecule has 4 N–H and O–H groups in total. The van der Waals surface area contributed by atoms with E-state index in [0.29, 0.717) is 5.58 Å². The van der Waals surface area contributed by atoms with Gasteiger partial charge < -0.3 is 10.2 Å². The summed E-state index contributed by atoms with van der Waals surface area (Å²) in [7, 11) is 0. The summed E-state index contributed by atoms with van der Waals surface area (Å²) in [5.74, 6) is -0.447. The van der Waals surface area contributed by atoms with Crippen molar-refractivity contribution >= 4 is 22.9 Å². The summed E-state index contributed by atoms with van der Waals surface area (Å²) in [5.41, 5.74) is 10.6. The van der Waals surface area contributed by atoms with E-state index in [1.165, 1.54) is 0 Å². The van der Waals surface area contributed by atoms with Crippen LogP contribution in [0.3, 0.4) is 0 Å². The lowest BCUT2D eigenvalue weighted by atomic mass is 10.2. The zero-order valence-electron chi connectivity index (χ0n) is 9.11. The number of carbonyl (C=O) groups excluding carboxylic acids is 2. The van der Waals surface area contributed by atoms with E-state index < -0.39 is 11.9 Å². The van der Waals surface area contributed by atoms with Gasteiger partial charge in [-0.3, -0.25) is 10.2 Å². The minimum absolute atomic E-state index is 0.111. The number of fused-ring (bicyclic) bond motifs is 1. The van der Waals surface area contributed by atoms with E-state index in [-0.39, 0.29) is 5.76 Å². The Kier molecular flexibility index (Phi) is 2.70. The van der Waals surface area contributed by atoms with Crippen LogP contribution in [-0.2, 0) is 0 Å². The van der Waals surface area contributed by atoms with Gasteiger partial charge in [0.15, 0.2) is 5.76 Å². The fraction of sp³-hybridized carbons (Fsp3) is 0.0909. The molecule has 3 amide bonds. The highest BCUT2D eigenvalue weighted by atomic mass is 16.3. The van der Waals surface area contributed by atoms with Crippen LogP contribution in [0.25, 0.3) is 11.0 Å². The van der Waals surface area contributed by atoms with E-state index in [4.69, 9.17) is 10.2 Å². The Labute approximate surface area is 96.7 Å². The lowest BCUT2D eigenvalue weighted by molar-refractivity contribution is 0.0911. The van der Waals surface area contributed by atoms with Gasteiger partial charge in [-0.15, -0.1) is 0 Å². The van der Waals surface area contributed by atoms with E-state index in [2.05, 4.69) is 5.43 Å². The minimum atomic E-state index is -0.842. The maximum absolute atomic E-state index is 11.5. The Morgan fingerprint density at radius 3 is 2.71 bits per heavy atom. The number of hydrogen-bond donors (Lipinski definition) is 3. The largest absolute Gasteiger partial charge is 0.451 e. The molecule has 1 heterocycles. The van der Waals surface area contributed by atoms with Gasteiger partial charge in [0.05, 0.1) is 0 Å². The number of urea groups is 1. The van der Waals surface area contributed by atoms with Gasteiger partial charge in [0.25, 0.3) is 0 Å². The van der Waals surface area contributed by atoms with Gasteiger partial charge in [-0.2, -0.15) is 0 Å². The van der Waals surface area contributed by atoms with Crippen LogP contribution in [0.1, 0.15) is 16.1 Å². The Bertz CT molecular complexity index is 589. The second-order valence-corrected chi connectivity index (χ2v) is 3.60. The van der Waals surface area contributed by atoms with Crippen LogP contribution >= 0.6 is 0 Å². The molecule has 0 saturated carbocycles. The highest BCUT2D eigenvalue weighted by Crippen LogP contribution is 2.20. The smallest absolute Gasteiger partial charge is 0.330 e. The van der Waals surface area contributed by atoms with Crippen LogP contribution in [0.2, 0.25) is 0 Å². The van der Waals surface area contributed by atoms with E-state index in [0.717, 1.165) is 10.9 Å². The van der Waals surface area contributed by atoms with Crippen LogP contribution in [0.5, 0.6) is 0 Å². The van der Waals surface area contributed by atoms with Crippen molar-refractivity contribution in [3.8, 4) is 0 Å². The first-order valence-corrected chi connectivity index (χ1v) is 4.92. The average molecular weight is 233 g/mol. The molecule has 0 atom stereocenters. The standard InChI is InChI=1S/C11H11N3O3/c1-6-2-3-8-7(4-6)5-9(17-8)10(15)13-14-11(12)16/h2-5H,1H3,(H,13,15)(H3,12,14,16). The van der Waals surface area contributed by atoms with Crippen molar-refractivity contribution in [3.05, 3.63) is 35.6 Å². The molecule has 0 aliphatic rings. The molecule has 6 nitrogen and oxygen atoms in total. The zero-order chi connectivity index (χ0) is 12.4. The van der Waals surface area contributed by atoms with Crippen molar-refractivity contribution in [1.29, 1.82) is 0 Å². The average Bonchev–Trinajstić information content (AvgIpc) is 2.68. The summed E-state index contributed by atoms with van der Waals surface area (Å²) in [5, 5.41) is 0.828. The first kappa shape index (κ1) is 11.0. The molecule has 1 aromatic carbocycles. The van der Waals surface area contributed by atoms with Crippen molar-refractivity contribution in [3.63, 3.8) is 0 Å². The van der Waals surface area contributed by atoms with Crippen molar-refractivity contribution in [2.45, 2.75) is 6.92 Å². The summed E-state index contributed by atoms with van der Waals surface area (Å²) >= 11 is 0. The topological polar surface area (TPSA) is 97.4 Å². The van der Waals surface area contributed by atoms with Gasteiger partial charge in [0.2, 0.25) is 0 Å². The minimum Gasteiger partial charge on any atom is -0.451 e. The van der Waals surface area contributed by atoms with Gasteiger partial charge >= 0.3 is 11.9 Å². The number of hydrazine groups is 1. The quantitative estimate of drug-likeness (QED) is 0.642. The van der Waals surface area contributed by atoms with Crippen molar-refractivity contribution in [2.24, 2.45) is 5.73 Å². The summed E-state index contributed by atoms with van der Waals surface area (Å²) in [6.07, 6.45) is 0. The van der Waals surface area contributed by atoms with E-state index >= 15 is 0 Å². The molecule has 0 fully saturated rings. The number of benzene rings is 1. The molecule has 0 aliphatic heterocycles. The number of nitrogens with two attached hydrogens (primary N) is 1. The molecular weight excluding hydrogens is 222 g/mol. The molecule has 2 aromatic rings. The number of rotatable bonds is 1. The van der Waals surface area contributed by atoms with Crippen molar-refractivity contribution in [1.82, 2.24) is 10.9 Å². The number of hydrogen-bond acceptors (Lipinski definition) is 3. The first-order chi connectivity index (χ1) is 8.06. The van der Waals surface area contributed by atoms with Crippen LogP contribution < -0.4 is 16.6 Å². The second-order valence-electron chi connectivity index (χ2n) is 3.60. The number of aryl methyl sites for hydroxylation is 1. The second kappa shape index (κ2) is 4.17. The summed E-state index contributed by atoms with van der Waals surface area (Å²) in [6.45, 7) is 1.95. The molecule has 0 aliphatic carbocycles. The summed E-state index contributed by atoms with van der Waals surface area (Å²) in [6, 6.07) is 6.32. The highest BCUT2D eigenvalue weighted by Gasteiger charge is 2.12. The van der Waals surface area contributed by atoms with Crippen LogP contribution in [-0.4, -0.2) is 11.9 Å². The number of furan rings is 1. The van der Waals surface area contributed by atoms with Crippen molar-refractivity contribution in [2.75, 3.05) is 0 Å². The Hall–Kier alpha value is -2.50. The van der Waals surface area contributed by atoms with E-state index in [1.807, 2.05) is 24.5 Å². The third-order valence-electron chi connectivity index (χ3n) is 2.19. The Balaban J connectivity index is 2.24. The number of nitrogens with one attached hydrogen (secondary N) is 2. The molecule has 0 unspecified atom stereocenters. The van der Waals surface area contributed by atoms with Crippen LogP contribution in [0, 0.1) is 6.92 Å². The van der Waals surface area contributed by atoms with Gasteiger partial charge in [0.1, 0.15) is 5.58 Å². The SMILES string of the molecule is Cc1ccc2oc(C(=O)NNC(N)=O)cc2c1. The highest BCUT2D eigenvalue weighted by molar-refractivity contribution is 5.96. The summed E-state index contributed by atoms with van der Waals surface area (Å²) < 4.78 is 5.31. The number of carbonyl (C=O) groups is 2. The Morgan fingerprint density at radius 1 is 1.24 bits per heavy atom. The molecule has 1 aromatic heterocycles. The maximum atomic E-state index is 11.5. The fourth-order valence-electron chi connectivity index (χ4n) is 1.45. The lowest BCUT2D eigenvalue weighted by Crippen LogP contribution is -2.44. The molecule has 6 heteroatoms. The monoisotopic (exact) mass is 233 g/mol. The van der Waals surface area contributed by atoms with Crippen LogP contribution in [0.15, 0.2) is 28.7 Å². The molecule has 0 radical (unpaired) electrons. The molecule has 0 saturated heterocycles. The van der Waals surface area contributed by atoms with E-state index in [9.17, 15) is 9.59 Å². The van der Waals surface area contributed by atoms with Gasteiger partial charge in [-0.1, -0.05) is 11.6 Å². The zero-order valence-corrected chi connectivity index (χ0v) is 9.11. The van der Waals surface area contributed by atoms with Gasteiger partial charge in [0, 0.05) is 5.39 Å².